The third-order valence-corrected chi connectivity index (χ3v) is 4.09. The number of hydrogen-bond acceptors (Lipinski definition) is 6. The Bertz CT molecular complexity index is 735. The number of nitrogens with one attached hydrogen (secondary N) is 1. The van der Waals surface area contributed by atoms with Crippen LogP contribution in [0.1, 0.15) is 38.6 Å². The zero-order valence-corrected chi connectivity index (χ0v) is 17.6. The molecule has 0 saturated carbocycles. The van der Waals surface area contributed by atoms with Crippen molar-refractivity contribution in [2.75, 3.05) is 33.4 Å². The van der Waals surface area contributed by atoms with Crippen molar-refractivity contribution < 1.29 is 14.0 Å². The minimum atomic E-state index is -0.201. The second-order valence-electron chi connectivity index (χ2n) is 6.04. The summed E-state index contributed by atoms with van der Waals surface area (Å²) in [5.74, 6) is 2.49. The highest BCUT2D eigenvalue weighted by Gasteiger charge is 2.14. The third-order valence-electron chi connectivity index (χ3n) is 3.83. The van der Waals surface area contributed by atoms with Crippen LogP contribution in [-0.4, -0.2) is 54.4 Å². The SMILES string of the molecule is CCNC(=NCc1nc(C(C)OCC)no1)N(C)CCOc1ccc(Cl)cc1. The number of rotatable bonds is 10. The summed E-state index contributed by atoms with van der Waals surface area (Å²) >= 11 is 5.88. The van der Waals surface area contributed by atoms with Gasteiger partial charge in [-0.1, -0.05) is 16.8 Å². The number of ether oxygens (including phenoxy) is 2. The lowest BCUT2D eigenvalue weighted by Gasteiger charge is -2.21. The molecule has 8 nitrogen and oxygen atoms in total. The van der Waals surface area contributed by atoms with E-state index in [9.17, 15) is 0 Å². The van der Waals surface area contributed by atoms with Crippen LogP contribution < -0.4 is 10.1 Å². The van der Waals surface area contributed by atoms with Gasteiger partial charge in [0.25, 0.3) is 0 Å². The molecule has 0 saturated heterocycles. The lowest BCUT2D eigenvalue weighted by atomic mass is 10.3. The Kier molecular flexibility index (Phi) is 9.03. The van der Waals surface area contributed by atoms with Gasteiger partial charge in [-0.3, -0.25) is 0 Å². The van der Waals surface area contributed by atoms with E-state index in [0.717, 1.165) is 18.3 Å². The highest BCUT2D eigenvalue weighted by atomic mass is 35.5. The van der Waals surface area contributed by atoms with Gasteiger partial charge in [0.1, 0.15) is 25.0 Å². The van der Waals surface area contributed by atoms with E-state index >= 15 is 0 Å². The number of hydrogen-bond donors (Lipinski definition) is 1. The van der Waals surface area contributed by atoms with Crippen molar-refractivity contribution in [1.29, 1.82) is 0 Å². The third kappa shape index (κ3) is 7.01. The van der Waals surface area contributed by atoms with Gasteiger partial charge in [0, 0.05) is 25.2 Å². The summed E-state index contributed by atoms with van der Waals surface area (Å²) in [6.45, 7) is 8.63. The smallest absolute Gasteiger partial charge is 0.248 e. The lowest BCUT2D eigenvalue weighted by molar-refractivity contribution is 0.0683. The molecule has 1 heterocycles. The summed E-state index contributed by atoms with van der Waals surface area (Å²) in [4.78, 5) is 10.9. The molecule has 0 aliphatic rings. The molecule has 1 aromatic carbocycles. The van der Waals surface area contributed by atoms with Gasteiger partial charge in [0.15, 0.2) is 11.8 Å². The van der Waals surface area contributed by atoms with Gasteiger partial charge in [0.2, 0.25) is 5.89 Å². The average molecular weight is 410 g/mol. The van der Waals surface area contributed by atoms with Crippen molar-refractivity contribution in [3.05, 3.63) is 41.0 Å². The number of aliphatic imine (C=N–C) groups is 1. The van der Waals surface area contributed by atoms with Crippen LogP contribution in [0, 0.1) is 0 Å². The first-order chi connectivity index (χ1) is 13.5. The maximum Gasteiger partial charge on any atom is 0.248 e. The summed E-state index contributed by atoms with van der Waals surface area (Å²) in [6.07, 6.45) is -0.201. The molecule has 1 N–H and O–H groups in total. The van der Waals surface area contributed by atoms with E-state index in [1.165, 1.54) is 0 Å². The fraction of sp³-hybridized carbons (Fsp3) is 0.526. The molecule has 9 heteroatoms. The predicted molar refractivity (Wildman–Crippen MR) is 109 cm³/mol. The highest BCUT2D eigenvalue weighted by Crippen LogP contribution is 2.15. The number of halogens is 1. The Morgan fingerprint density at radius 3 is 2.75 bits per heavy atom. The quantitative estimate of drug-likeness (QED) is 0.476. The summed E-state index contributed by atoms with van der Waals surface area (Å²) in [5.41, 5.74) is 0. The van der Waals surface area contributed by atoms with Crippen LogP contribution in [0.15, 0.2) is 33.8 Å². The molecule has 0 fully saturated rings. The average Bonchev–Trinajstić information content (AvgIpc) is 3.16. The molecule has 2 rings (SSSR count). The number of likely N-dealkylation sites (N-methyl/N-ethyl adjacent to an activating group) is 1. The molecule has 154 valence electrons. The van der Waals surface area contributed by atoms with Gasteiger partial charge >= 0.3 is 0 Å². The molecule has 1 atom stereocenters. The Labute approximate surface area is 170 Å². The maximum absolute atomic E-state index is 5.88. The Balaban J connectivity index is 1.88. The van der Waals surface area contributed by atoms with Crippen LogP contribution in [0.3, 0.4) is 0 Å². The van der Waals surface area contributed by atoms with Crippen molar-refractivity contribution >= 4 is 17.6 Å². The van der Waals surface area contributed by atoms with E-state index in [2.05, 4.69) is 20.4 Å². The highest BCUT2D eigenvalue weighted by molar-refractivity contribution is 6.30. The fourth-order valence-corrected chi connectivity index (χ4v) is 2.50. The van der Waals surface area contributed by atoms with Crippen LogP contribution >= 0.6 is 11.6 Å². The van der Waals surface area contributed by atoms with E-state index in [4.69, 9.17) is 25.6 Å². The predicted octanol–water partition coefficient (Wildman–Crippen LogP) is 3.30. The molecule has 28 heavy (non-hydrogen) atoms. The second-order valence-corrected chi connectivity index (χ2v) is 6.47. The molecular formula is C19H28ClN5O3. The Hall–Kier alpha value is -2.32. The molecule has 0 amide bonds. The zero-order valence-electron chi connectivity index (χ0n) is 16.8. The van der Waals surface area contributed by atoms with E-state index in [1.54, 1.807) is 12.1 Å². The van der Waals surface area contributed by atoms with Gasteiger partial charge < -0.3 is 24.2 Å². The first-order valence-corrected chi connectivity index (χ1v) is 9.73. The topological polar surface area (TPSA) is 85.0 Å². The van der Waals surface area contributed by atoms with E-state index in [0.29, 0.717) is 36.5 Å². The van der Waals surface area contributed by atoms with Crippen LogP contribution in [0.4, 0.5) is 0 Å². The molecule has 0 radical (unpaired) electrons. The lowest BCUT2D eigenvalue weighted by Crippen LogP contribution is -2.40. The van der Waals surface area contributed by atoms with Gasteiger partial charge in [0.05, 0.1) is 6.54 Å². The summed E-state index contributed by atoms with van der Waals surface area (Å²) in [7, 11) is 1.95. The van der Waals surface area contributed by atoms with Crippen LogP contribution in [-0.2, 0) is 11.3 Å². The molecule has 0 bridgehead atoms. The largest absolute Gasteiger partial charge is 0.492 e. The molecule has 1 aromatic heterocycles. The minimum absolute atomic E-state index is 0.201. The van der Waals surface area contributed by atoms with E-state index < -0.39 is 0 Å². The number of aromatic nitrogens is 2. The first-order valence-electron chi connectivity index (χ1n) is 9.35. The second kappa shape index (κ2) is 11.5. The fourth-order valence-electron chi connectivity index (χ4n) is 2.37. The first kappa shape index (κ1) is 22.0. The normalized spacial score (nSPS) is 12.7. The minimum Gasteiger partial charge on any atom is -0.492 e. The molecule has 0 aliphatic carbocycles. The van der Waals surface area contributed by atoms with Crippen molar-refractivity contribution in [1.82, 2.24) is 20.4 Å². The van der Waals surface area contributed by atoms with Gasteiger partial charge in [-0.05, 0) is 45.0 Å². The summed E-state index contributed by atoms with van der Waals surface area (Å²) < 4.78 is 16.5. The number of benzene rings is 1. The molecular weight excluding hydrogens is 382 g/mol. The molecule has 1 unspecified atom stereocenters. The van der Waals surface area contributed by atoms with Gasteiger partial charge in [-0.15, -0.1) is 0 Å². The summed E-state index contributed by atoms with van der Waals surface area (Å²) in [6, 6.07) is 7.30. The van der Waals surface area contributed by atoms with Crippen LogP contribution in [0.2, 0.25) is 5.02 Å². The van der Waals surface area contributed by atoms with Crippen molar-refractivity contribution in [2.45, 2.75) is 33.4 Å². The van der Waals surface area contributed by atoms with E-state index in [-0.39, 0.29) is 12.6 Å². The maximum atomic E-state index is 5.88. The molecule has 0 spiro atoms. The van der Waals surface area contributed by atoms with Crippen LogP contribution in [0.25, 0.3) is 0 Å². The van der Waals surface area contributed by atoms with Crippen molar-refractivity contribution in [3.8, 4) is 5.75 Å². The standard InChI is InChI=1S/C19H28ClN5O3/c1-5-21-19(22-13-17-23-18(24-28-17)14(3)26-6-2)25(4)11-12-27-16-9-7-15(20)8-10-16/h7-10,14H,5-6,11-13H2,1-4H3,(H,21,22). The Morgan fingerprint density at radius 1 is 1.32 bits per heavy atom. The van der Waals surface area contributed by atoms with Crippen LogP contribution in [0.5, 0.6) is 5.75 Å². The number of nitrogens with zero attached hydrogens (tertiary/aromatic N) is 4. The van der Waals surface area contributed by atoms with E-state index in [1.807, 2.05) is 44.9 Å². The van der Waals surface area contributed by atoms with Gasteiger partial charge in [-0.2, -0.15) is 4.98 Å². The molecule has 0 aliphatic heterocycles. The summed E-state index contributed by atoms with van der Waals surface area (Å²) in [5, 5.41) is 7.88. The van der Waals surface area contributed by atoms with Crippen molar-refractivity contribution in [2.24, 2.45) is 4.99 Å². The molecule has 2 aromatic rings. The van der Waals surface area contributed by atoms with Gasteiger partial charge in [-0.25, -0.2) is 4.99 Å². The zero-order chi connectivity index (χ0) is 20.4. The van der Waals surface area contributed by atoms with Crippen molar-refractivity contribution in [3.63, 3.8) is 0 Å². The monoisotopic (exact) mass is 409 g/mol. The Morgan fingerprint density at radius 2 is 2.07 bits per heavy atom. The number of guanidine groups is 1.